The van der Waals surface area contributed by atoms with E-state index >= 15 is 0 Å². The number of ether oxygens (including phenoxy) is 1. The van der Waals surface area contributed by atoms with E-state index in [9.17, 15) is 0 Å². The fraction of sp³-hybridized carbons (Fsp3) is 0.800. The molecular formula is C20H38IN5O2. The van der Waals surface area contributed by atoms with Crippen molar-refractivity contribution in [3.63, 3.8) is 0 Å². The summed E-state index contributed by atoms with van der Waals surface area (Å²) in [6, 6.07) is 0.465. The van der Waals surface area contributed by atoms with Crippen LogP contribution in [-0.2, 0) is 11.2 Å². The van der Waals surface area contributed by atoms with E-state index in [4.69, 9.17) is 14.3 Å². The summed E-state index contributed by atoms with van der Waals surface area (Å²) < 4.78 is 10.8. The molecule has 1 aromatic rings. The molecule has 1 aromatic heterocycles. The molecule has 28 heavy (non-hydrogen) atoms. The van der Waals surface area contributed by atoms with Crippen LogP contribution in [0.3, 0.4) is 0 Å². The van der Waals surface area contributed by atoms with Crippen molar-refractivity contribution in [1.82, 2.24) is 20.7 Å². The molecule has 1 atom stereocenters. The second kappa shape index (κ2) is 13.4. The van der Waals surface area contributed by atoms with Gasteiger partial charge < -0.3 is 19.9 Å². The van der Waals surface area contributed by atoms with E-state index in [1.165, 1.54) is 5.56 Å². The number of hydrogen-bond donors (Lipinski definition) is 2. The Morgan fingerprint density at radius 1 is 1.21 bits per heavy atom. The van der Waals surface area contributed by atoms with E-state index in [1.54, 1.807) is 0 Å². The van der Waals surface area contributed by atoms with Crippen LogP contribution >= 0.6 is 24.0 Å². The summed E-state index contributed by atoms with van der Waals surface area (Å²) in [4.78, 5) is 7.41. The van der Waals surface area contributed by atoms with Gasteiger partial charge in [0.1, 0.15) is 5.76 Å². The summed E-state index contributed by atoms with van der Waals surface area (Å²) in [6.07, 6.45) is 2.03. The molecule has 0 bridgehead atoms. The third kappa shape index (κ3) is 8.24. The SMILES string of the molecule is CCNC(=NCC(CC(C)C)N1CCOCC1)NCCc1c(C)noc1C.I. The van der Waals surface area contributed by atoms with E-state index in [1.807, 2.05) is 13.8 Å². The standard InChI is InChI=1S/C20H37N5O2.HI/c1-6-21-20(22-8-7-19-16(4)24-27-17(19)5)23-14-18(13-15(2)3)25-9-11-26-12-10-25;/h15,18H,6-14H2,1-5H3,(H2,21,22,23);1H. The lowest BCUT2D eigenvalue weighted by Gasteiger charge is -2.34. The molecule has 1 unspecified atom stereocenters. The Kier molecular flexibility index (Phi) is 12.0. The number of aryl methyl sites for hydroxylation is 2. The third-order valence-corrected chi connectivity index (χ3v) is 4.96. The van der Waals surface area contributed by atoms with E-state index < -0.39 is 0 Å². The van der Waals surface area contributed by atoms with Crippen LogP contribution in [0.1, 0.15) is 44.2 Å². The molecule has 1 aliphatic rings. The van der Waals surface area contributed by atoms with Gasteiger partial charge >= 0.3 is 0 Å². The fourth-order valence-electron chi connectivity index (χ4n) is 3.53. The van der Waals surface area contributed by atoms with Crippen molar-refractivity contribution in [2.75, 3.05) is 45.9 Å². The van der Waals surface area contributed by atoms with Crippen molar-refractivity contribution in [1.29, 1.82) is 0 Å². The van der Waals surface area contributed by atoms with Gasteiger partial charge in [0.15, 0.2) is 5.96 Å². The first kappa shape index (κ1) is 25.2. The lowest BCUT2D eigenvalue weighted by molar-refractivity contribution is 0.0143. The van der Waals surface area contributed by atoms with Crippen molar-refractivity contribution >= 4 is 29.9 Å². The maximum atomic E-state index is 5.51. The topological polar surface area (TPSA) is 74.9 Å². The van der Waals surface area contributed by atoms with Gasteiger partial charge in [0.05, 0.1) is 25.5 Å². The molecule has 2 rings (SSSR count). The van der Waals surface area contributed by atoms with Crippen LogP contribution in [0.2, 0.25) is 0 Å². The molecule has 0 saturated carbocycles. The van der Waals surface area contributed by atoms with Crippen molar-refractivity contribution in [3.8, 4) is 0 Å². The Hall–Kier alpha value is -0.870. The number of aromatic nitrogens is 1. The van der Waals surface area contributed by atoms with Gasteiger partial charge in [0.2, 0.25) is 0 Å². The number of hydrogen-bond acceptors (Lipinski definition) is 5. The second-order valence-corrected chi connectivity index (χ2v) is 7.63. The summed E-state index contributed by atoms with van der Waals surface area (Å²) >= 11 is 0. The highest BCUT2D eigenvalue weighted by Crippen LogP contribution is 2.14. The quantitative estimate of drug-likeness (QED) is 0.304. The summed E-state index contributed by atoms with van der Waals surface area (Å²) in [5, 5.41) is 10.8. The zero-order valence-electron chi connectivity index (χ0n) is 18.1. The normalized spacial score (nSPS) is 16.7. The van der Waals surface area contributed by atoms with Crippen LogP contribution in [0.25, 0.3) is 0 Å². The maximum Gasteiger partial charge on any atom is 0.191 e. The summed E-state index contributed by atoms with van der Waals surface area (Å²) in [6.45, 7) is 16.7. The van der Waals surface area contributed by atoms with Gasteiger partial charge in [-0.2, -0.15) is 0 Å². The number of rotatable bonds is 9. The minimum Gasteiger partial charge on any atom is -0.379 e. The number of halogens is 1. The molecule has 0 aromatic carbocycles. The number of nitrogens with one attached hydrogen (secondary N) is 2. The van der Waals surface area contributed by atoms with E-state index in [0.29, 0.717) is 12.0 Å². The lowest BCUT2D eigenvalue weighted by Crippen LogP contribution is -2.46. The Balaban J connectivity index is 0.00000392. The second-order valence-electron chi connectivity index (χ2n) is 7.63. The molecule has 1 aliphatic heterocycles. The van der Waals surface area contributed by atoms with Crippen LogP contribution in [0, 0.1) is 19.8 Å². The van der Waals surface area contributed by atoms with Gasteiger partial charge in [-0.15, -0.1) is 24.0 Å². The smallest absolute Gasteiger partial charge is 0.191 e. The molecular weight excluding hydrogens is 469 g/mol. The Bertz CT molecular complexity index is 566. The number of aliphatic imine (C=N–C) groups is 1. The molecule has 0 amide bonds. The molecule has 2 N–H and O–H groups in total. The largest absolute Gasteiger partial charge is 0.379 e. The zero-order chi connectivity index (χ0) is 19.6. The van der Waals surface area contributed by atoms with Gasteiger partial charge in [-0.05, 0) is 39.5 Å². The van der Waals surface area contributed by atoms with Gasteiger partial charge in [-0.3, -0.25) is 9.89 Å². The molecule has 0 spiro atoms. The average molecular weight is 507 g/mol. The van der Waals surface area contributed by atoms with Crippen molar-refractivity contribution in [2.45, 2.75) is 53.5 Å². The van der Waals surface area contributed by atoms with E-state index in [2.05, 4.69) is 41.5 Å². The summed E-state index contributed by atoms with van der Waals surface area (Å²) in [5.41, 5.74) is 2.16. The zero-order valence-corrected chi connectivity index (χ0v) is 20.4. The fourth-order valence-corrected chi connectivity index (χ4v) is 3.53. The molecule has 7 nitrogen and oxygen atoms in total. The average Bonchev–Trinajstić information content (AvgIpc) is 2.97. The highest BCUT2D eigenvalue weighted by atomic mass is 127. The van der Waals surface area contributed by atoms with Crippen LogP contribution in [0.5, 0.6) is 0 Å². The number of guanidine groups is 1. The van der Waals surface area contributed by atoms with Crippen LogP contribution in [0.15, 0.2) is 9.52 Å². The molecule has 8 heteroatoms. The van der Waals surface area contributed by atoms with E-state index in [-0.39, 0.29) is 24.0 Å². The molecule has 0 radical (unpaired) electrons. The van der Waals surface area contributed by atoms with Gasteiger partial charge in [-0.1, -0.05) is 19.0 Å². The monoisotopic (exact) mass is 507 g/mol. The predicted molar refractivity (Wildman–Crippen MR) is 125 cm³/mol. The van der Waals surface area contributed by atoms with Crippen LogP contribution < -0.4 is 10.6 Å². The Labute approximate surface area is 187 Å². The first-order valence-electron chi connectivity index (χ1n) is 10.3. The molecule has 2 heterocycles. The first-order valence-corrected chi connectivity index (χ1v) is 10.3. The molecule has 0 aliphatic carbocycles. The summed E-state index contributed by atoms with van der Waals surface area (Å²) in [5.74, 6) is 2.44. The van der Waals surface area contributed by atoms with Crippen molar-refractivity contribution < 1.29 is 9.26 Å². The Morgan fingerprint density at radius 3 is 2.50 bits per heavy atom. The van der Waals surface area contributed by atoms with Crippen molar-refractivity contribution in [3.05, 3.63) is 17.0 Å². The first-order chi connectivity index (χ1) is 13.0. The summed E-state index contributed by atoms with van der Waals surface area (Å²) in [7, 11) is 0. The molecule has 1 saturated heterocycles. The number of nitrogens with zero attached hydrogens (tertiary/aromatic N) is 3. The van der Waals surface area contributed by atoms with E-state index in [0.717, 1.165) is 76.2 Å². The highest BCUT2D eigenvalue weighted by Gasteiger charge is 2.21. The van der Waals surface area contributed by atoms with Crippen LogP contribution in [0.4, 0.5) is 0 Å². The molecule has 1 fully saturated rings. The number of morpholine rings is 1. The van der Waals surface area contributed by atoms with Crippen molar-refractivity contribution in [2.24, 2.45) is 10.9 Å². The van der Waals surface area contributed by atoms with Gasteiger partial charge in [-0.25, -0.2) is 0 Å². The van der Waals surface area contributed by atoms with Crippen LogP contribution in [-0.4, -0.2) is 68.0 Å². The maximum absolute atomic E-state index is 5.51. The minimum atomic E-state index is 0. The van der Waals surface area contributed by atoms with Gasteiger partial charge in [0.25, 0.3) is 0 Å². The highest BCUT2D eigenvalue weighted by molar-refractivity contribution is 14.0. The molecule has 162 valence electrons. The minimum absolute atomic E-state index is 0. The Morgan fingerprint density at radius 2 is 1.93 bits per heavy atom. The predicted octanol–water partition coefficient (Wildman–Crippen LogP) is 2.75. The lowest BCUT2D eigenvalue weighted by atomic mass is 10.0. The van der Waals surface area contributed by atoms with Gasteiger partial charge in [0, 0.05) is 37.8 Å². The third-order valence-electron chi connectivity index (χ3n) is 4.96.